The molecule has 0 spiro atoms. The van der Waals surface area contributed by atoms with Crippen LogP contribution in [0.2, 0.25) is 0 Å². The molecule has 3 rings (SSSR count). The van der Waals surface area contributed by atoms with Crippen molar-refractivity contribution in [2.24, 2.45) is 5.73 Å². The SMILES string of the molecule is CC(c1nc(CC(N)=O)nn1-c1cccnc1)N1CCN(C)CC1.O=CO. The van der Waals surface area contributed by atoms with Crippen LogP contribution in [0.15, 0.2) is 24.5 Å². The molecule has 3 heterocycles. The van der Waals surface area contributed by atoms with Gasteiger partial charge in [-0.2, -0.15) is 5.10 Å². The van der Waals surface area contributed by atoms with Gasteiger partial charge in [0.1, 0.15) is 5.82 Å². The Labute approximate surface area is 157 Å². The van der Waals surface area contributed by atoms with Crippen molar-refractivity contribution in [3.8, 4) is 5.69 Å². The third kappa shape index (κ3) is 5.56. The van der Waals surface area contributed by atoms with E-state index in [1.165, 1.54) is 0 Å². The van der Waals surface area contributed by atoms with Crippen LogP contribution in [-0.2, 0) is 16.0 Å². The zero-order chi connectivity index (χ0) is 19.8. The summed E-state index contributed by atoms with van der Waals surface area (Å²) in [5.41, 5.74) is 6.13. The summed E-state index contributed by atoms with van der Waals surface area (Å²) in [4.78, 5) is 33.0. The van der Waals surface area contributed by atoms with Gasteiger partial charge in [0.05, 0.1) is 24.3 Å². The first kappa shape index (κ1) is 20.5. The largest absolute Gasteiger partial charge is 0.483 e. The second-order valence-electron chi connectivity index (χ2n) is 6.27. The van der Waals surface area contributed by atoms with Crippen LogP contribution in [-0.4, -0.2) is 80.3 Å². The lowest BCUT2D eigenvalue weighted by Crippen LogP contribution is -2.45. The molecule has 1 aliphatic rings. The van der Waals surface area contributed by atoms with Gasteiger partial charge in [-0.1, -0.05) is 0 Å². The van der Waals surface area contributed by atoms with Crippen molar-refractivity contribution in [2.45, 2.75) is 19.4 Å². The Hall–Kier alpha value is -2.85. The number of rotatable bonds is 5. The van der Waals surface area contributed by atoms with E-state index in [9.17, 15) is 4.79 Å². The van der Waals surface area contributed by atoms with Crippen molar-refractivity contribution < 1.29 is 14.7 Å². The molecule has 0 radical (unpaired) electrons. The molecule has 146 valence electrons. The fraction of sp³-hybridized carbons (Fsp3) is 0.471. The summed E-state index contributed by atoms with van der Waals surface area (Å²) >= 11 is 0. The fourth-order valence-electron chi connectivity index (χ4n) is 2.91. The number of carboxylic acid groups (broad SMARTS) is 1. The van der Waals surface area contributed by atoms with Gasteiger partial charge >= 0.3 is 0 Å². The van der Waals surface area contributed by atoms with E-state index < -0.39 is 5.91 Å². The van der Waals surface area contributed by atoms with Gasteiger partial charge in [-0.05, 0) is 26.1 Å². The van der Waals surface area contributed by atoms with E-state index in [-0.39, 0.29) is 18.9 Å². The van der Waals surface area contributed by atoms with Crippen molar-refractivity contribution in [1.29, 1.82) is 0 Å². The minimum absolute atomic E-state index is 0.0374. The van der Waals surface area contributed by atoms with Gasteiger partial charge in [-0.3, -0.25) is 19.5 Å². The van der Waals surface area contributed by atoms with Crippen LogP contribution >= 0.6 is 0 Å². The highest BCUT2D eigenvalue weighted by molar-refractivity contribution is 5.75. The van der Waals surface area contributed by atoms with Crippen LogP contribution < -0.4 is 5.73 Å². The summed E-state index contributed by atoms with van der Waals surface area (Å²) in [6.07, 6.45) is 3.49. The predicted octanol–water partition coefficient (Wildman–Crippen LogP) is -0.301. The summed E-state index contributed by atoms with van der Waals surface area (Å²) in [5.74, 6) is 0.822. The first-order chi connectivity index (χ1) is 13.0. The number of hydrogen-bond donors (Lipinski definition) is 2. The van der Waals surface area contributed by atoms with Crippen molar-refractivity contribution in [3.63, 3.8) is 0 Å². The van der Waals surface area contributed by atoms with E-state index in [0.29, 0.717) is 5.82 Å². The fourth-order valence-corrected chi connectivity index (χ4v) is 2.91. The lowest BCUT2D eigenvalue weighted by molar-refractivity contribution is -0.123. The van der Waals surface area contributed by atoms with E-state index in [0.717, 1.165) is 37.7 Å². The van der Waals surface area contributed by atoms with Gasteiger partial charge in [-0.25, -0.2) is 9.67 Å². The zero-order valence-electron chi connectivity index (χ0n) is 15.5. The molecule has 1 aliphatic heterocycles. The van der Waals surface area contributed by atoms with Crippen LogP contribution in [0.5, 0.6) is 0 Å². The average Bonchev–Trinajstić information content (AvgIpc) is 3.06. The summed E-state index contributed by atoms with van der Waals surface area (Å²) in [7, 11) is 2.13. The quantitative estimate of drug-likeness (QED) is 0.681. The van der Waals surface area contributed by atoms with Crippen molar-refractivity contribution in [3.05, 3.63) is 36.2 Å². The summed E-state index contributed by atoms with van der Waals surface area (Å²) in [6.45, 7) is 5.88. The predicted molar refractivity (Wildman–Crippen MR) is 98.2 cm³/mol. The molecule has 1 saturated heterocycles. The first-order valence-electron chi connectivity index (χ1n) is 8.61. The molecule has 2 aromatic rings. The highest BCUT2D eigenvalue weighted by atomic mass is 16.3. The molecule has 0 aromatic carbocycles. The molecule has 0 bridgehead atoms. The highest BCUT2D eigenvalue weighted by Gasteiger charge is 2.26. The van der Waals surface area contributed by atoms with Crippen LogP contribution in [0.3, 0.4) is 0 Å². The number of primary amides is 1. The van der Waals surface area contributed by atoms with Crippen LogP contribution in [0.25, 0.3) is 5.69 Å². The molecule has 0 aliphatic carbocycles. The number of pyridine rings is 1. The maximum atomic E-state index is 11.2. The monoisotopic (exact) mass is 375 g/mol. The number of aromatic nitrogens is 4. The number of hydrogen-bond acceptors (Lipinski definition) is 7. The average molecular weight is 375 g/mol. The lowest BCUT2D eigenvalue weighted by atomic mass is 10.2. The van der Waals surface area contributed by atoms with Gasteiger partial charge in [0, 0.05) is 32.4 Å². The molecule has 1 amide bonds. The topological polar surface area (TPSA) is 130 Å². The summed E-state index contributed by atoms with van der Waals surface area (Å²) in [6, 6.07) is 3.87. The van der Waals surface area contributed by atoms with Crippen molar-refractivity contribution >= 4 is 12.4 Å². The van der Waals surface area contributed by atoms with Crippen molar-refractivity contribution in [1.82, 2.24) is 29.5 Å². The van der Waals surface area contributed by atoms with Gasteiger partial charge in [-0.15, -0.1) is 0 Å². The van der Waals surface area contributed by atoms with Gasteiger partial charge in [0.15, 0.2) is 5.82 Å². The Morgan fingerprint density at radius 3 is 2.59 bits per heavy atom. The minimum atomic E-state index is -0.433. The number of likely N-dealkylation sites (N-methyl/N-ethyl adjacent to an activating group) is 1. The number of nitrogens with zero attached hydrogens (tertiary/aromatic N) is 6. The maximum absolute atomic E-state index is 11.2. The van der Waals surface area contributed by atoms with Crippen LogP contribution in [0.4, 0.5) is 0 Å². The number of carbonyl (C=O) groups is 2. The lowest BCUT2D eigenvalue weighted by Gasteiger charge is -2.35. The maximum Gasteiger partial charge on any atom is 0.290 e. The molecule has 2 aromatic heterocycles. The van der Waals surface area contributed by atoms with Crippen molar-refractivity contribution in [2.75, 3.05) is 33.2 Å². The Bertz CT molecular complexity index is 742. The van der Waals surface area contributed by atoms with Crippen LogP contribution in [0.1, 0.15) is 24.6 Å². The minimum Gasteiger partial charge on any atom is -0.483 e. The van der Waals surface area contributed by atoms with Crippen LogP contribution in [0, 0.1) is 0 Å². The Morgan fingerprint density at radius 1 is 1.37 bits per heavy atom. The molecule has 10 nitrogen and oxygen atoms in total. The summed E-state index contributed by atoms with van der Waals surface area (Å²) < 4.78 is 1.77. The number of piperazine rings is 1. The standard InChI is InChI=1S/C16H23N7O.CH2O2/c1-12(22-8-6-21(2)7-9-22)16-19-15(10-14(17)24)20-23(16)13-4-3-5-18-11-13;2-1-3/h3-5,11-12H,6-10H2,1-2H3,(H2,17,24);1H,(H,2,3). The first-order valence-corrected chi connectivity index (χ1v) is 8.61. The Morgan fingerprint density at radius 2 is 2.04 bits per heavy atom. The Balaban J connectivity index is 0.000000817. The smallest absolute Gasteiger partial charge is 0.290 e. The molecular weight excluding hydrogens is 350 g/mol. The molecule has 1 unspecified atom stereocenters. The van der Waals surface area contributed by atoms with Gasteiger partial charge < -0.3 is 15.7 Å². The van der Waals surface area contributed by atoms with Gasteiger partial charge in [0.25, 0.3) is 6.47 Å². The molecule has 1 fully saturated rings. The van der Waals surface area contributed by atoms with E-state index in [4.69, 9.17) is 15.6 Å². The molecule has 0 saturated carbocycles. The normalized spacial score (nSPS) is 16.2. The number of amides is 1. The molecular formula is C17H25N7O3. The molecule has 3 N–H and O–H groups in total. The second-order valence-corrected chi connectivity index (χ2v) is 6.27. The van der Waals surface area contributed by atoms with Gasteiger partial charge in [0.2, 0.25) is 5.91 Å². The van der Waals surface area contributed by atoms with E-state index in [1.807, 2.05) is 12.1 Å². The zero-order valence-corrected chi connectivity index (χ0v) is 15.5. The van der Waals surface area contributed by atoms with E-state index in [2.05, 4.69) is 38.8 Å². The highest BCUT2D eigenvalue weighted by Crippen LogP contribution is 2.22. The molecule has 1 atom stereocenters. The second kappa shape index (κ2) is 9.74. The van der Waals surface area contributed by atoms with E-state index in [1.54, 1.807) is 17.1 Å². The molecule has 27 heavy (non-hydrogen) atoms. The van der Waals surface area contributed by atoms with E-state index >= 15 is 0 Å². The number of nitrogens with two attached hydrogens (primary N) is 1. The molecule has 10 heteroatoms. The number of carbonyl (C=O) groups excluding carboxylic acids is 1. The third-order valence-corrected chi connectivity index (χ3v) is 4.36. The third-order valence-electron chi connectivity index (χ3n) is 4.36. The summed E-state index contributed by atoms with van der Waals surface area (Å²) in [5, 5.41) is 11.4. The Kier molecular flexibility index (Phi) is 7.38.